The first-order valence-corrected chi connectivity index (χ1v) is 11.0. The number of ketones is 1. The fraction of sp³-hybridized carbons (Fsp3) is 0.423. The van der Waals surface area contributed by atoms with Crippen LogP contribution in [0, 0.1) is 29.1 Å². The van der Waals surface area contributed by atoms with E-state index in [9.17, 15) is 4.79 Å². The van der Waals surface area contributed by atoms with E-state index in [1.54, 1.807) is 0 Å². The Morgan fingerprint density at radius 1 is 1.03 bits per heavy atom. The maximum atomic E-state index is 13.6. The predicted octanol–water partition coefficient (Wildman–Crippen LogP) is 5.87. The van der Waals surface area contributed by atoms with E-state index < -0.39 is 0 Å². The zero-order valence-corrected chi connectivity index (χ0v) is 16.6. The van der Waals surface area contributed by atoms with Crippen molar-refractivity contribution in [3.63, 3.8) is 0 Å². The summed E-state index contributed by atoms with van der Waals surface area (Å²) in [5.41, 5.74) is 1.88. The van der Waals surface area contributed by atoms with Crippen LogP contribution in [0.2, 0.25) is 0 Å². The molecule has 3 nitrogen and oxygen atoms in total. The third-order valence-electron chi connectivity index (χ3n) is 7.95. The van der Waals surface area contributed by atoms with Crippen molar-refractivity contribution in [1.29, 1.82) is 0 Å². The van der Waals surface area contributed by atoms with E-state index in [0.717, 1.165) is 36.3 Å². The molecule has 3 heteroatoms. The molecule has 0 saturated heterocycles. The summed E-state index contributed by atoms with van der Waals surface area (Å²) in [5.74, 6) is 3.96. The Balaban J connectivity index is 1.17. The lowest BCUT2D eigenvalue weighted by Gasteiger charge is -2.52. The van der Waals surface area contributed by atoms with Crippen LogP contribution in [0.4, 0.5) is 0 Å². The Hall–Kier alpha value is -2.55. The van der Waals surface area contributed by atoms with Crippen LogP contribution in [0.3, 0.4) is 0 Å². The van der Waals surface area contributed by atoms with Crippen molar-refractivity contribution in [2.24, 2.45) is 29.1 Å². The van der Waals surface area contributed by atoms with Gasteiger partial charge >= 0.3 is 0 Å². The highest BCUT2D eigenvalue weighted by molar-refractivity contribution is 6.04. The molecule has 0 spiro atoms. The summed E-state index contributed by atoms with van der Waals surface area (Å²) < 4.78 is 6.08. The molecule has 3 saturated carbocycles. The zero-order chi connectivity index (χ0) is 19.4. The number of rotatable bonds is 5. The fourth-order valence-corrected chi connectivity index (χ4v) is 6.78. The van der Waals surface area contributed by atoms with E-state index in [0.29, 0.717) is 29.5 Å². The van der Waals surface area contributed by atoms with Gasteiger partial charge in [-0.1, -0.05) is 30.3 Å². The number of hydrogen-bond donors (Lipinski definition) is 1. The van der Waals surface area contributed by atoms with Gasteiger partial charge in [-0.05, 0) is 85.4 Å². The molecular formula is C26H27NO2. The number of carbonyl (C=O) groups is 1. The minimum absolute atomic E-state index is 0.0825. The normalized spacial score (nSPS) is 32.6. The van der Waals surface area contributed by atoms with E-state index in [1.165, 1.54) is 24.6 Å². The van der Waals surface area contributed by atoms with E-state index in [1.807, 2.05) is 42.6 Å². The van der Waals surface area contributed by atoms with Gasteiger partial charge in [0.15, 0.2) is 5.78 Å². The van der Waals surface area contributed by atoms with Crippen molar-refractivity contribution in [3.8, 4) is 5.75 Å². The quantitative estimate of drug-likeness (QED) is 0.558. The molecule has 2 aromatic carbocycles. The van der Waals surface area contributed by atoms with E-state index in [4.69, 9.17) is 4.74 Å². The van der Waals surface area contributed by atoms with Crippen molar-refractivity contribution in [3.05, 3.63) is 66.4 Å². The second kappa shape index (κ2) is 6.48. The number of nitrogens with one attached hydrogen (secondary N) is 1. The van der Waals surface area contributed by atoms with Gasteiger partial charge in [-0.3, -0.25) is 4.79 Å². The summed E-state index contributed by atoms with van der Waals surface area (Å²) in [5, 5.41) is 1.17. The number of ether oxygens (including phenoxy) is 1. The van der Waals surface area contributed by atoms with Gasteiger partial charge in [-0.25, -0.2) is 0 Å². The maximum Gasteiger partial charge on any atom is 0.169 e. The standard InChI is InChI=1S/C26H27NO2/c28-25(20-7-6-19-8-9-27-24(19)13-20)26-14-17-10-18(11-21(15-26)23(26)12-17)16-29-22-4-2-1-3-5-22/h1-9,13,17-18,21,23,27H,10-12,14-16H2. The zero-order valence-electron chi connectivity index (χ0n) is 16.6. The maximum absolute atomic E-state index is 13.6. The molecular weight excluding hydrogens is 358 g/mol. The van der Waals surface area contributed by atoms with Crippen molar-refractivity contribution in [2.75, 3.05) is 6.61 Å². The number of para-hydroxylation sites is 1. The molecule has 29 heavy (non-hydrogen) atoms. The summed E-state index contributed by atoms with van der Waals surface area (Å²) >= 11 is 0. The predicted molar refractivity (Wildman–Crippen MR) is 114 cm³/mol. The Kier molecular flexibility index (Phi) is 3.87. The van der Waals surface area contributed by atoms with Crippen LogP contribution in [0.1, 0.15) is 42.5 Å². The van der Waals surface area contributed by atoms with Crippen LogP contribution in [-0.2, 0) is 0 Å². The Bertz CT molecular complexity index is 1050. The molecule has 1 heterocycles. The van der Waals surface area contributed by atoms with Gasteiger partial charge in [0.2, 0.25) is 0 Å². The van der Waals surface area contributed by atoms with E-state index in [-0.39, 0.29) is 5.41 Å². The molecule has 1 N–H and O–H groups in total. The van der Waals surface area contributed by atoms with Crippen LogP contribution < -0.4 is 4.74 Å². The number of fused-ring (bicyclic) bond motifs is 2. The van der Waals surface area contributed by atoms with Gasteiger partial charge in [0.1, 0.15) is 5.75 Å². The SMILES string of the molecule is O=C(c1ccc2cc[nH]c2c1)C12CC3CC(COc4ccccc4)CC(C1)C2C3. The van der Waals surface area contributed by atoms with E-state index in [2.05, 4.69) is 23.2 Å². The summed E-state index contributed by atoms with van der Waals surface area (Å²) in [6.07, 6.45) is 7.78. The number of hydrogen-bond acceptors (Lipinski definition) is 2. The summed E-state index contributed by atoms with van der Waals surface area (Å²) in [6.45, 7) is 0.814. The second-order valence-electron chi connectivity index (χ2n) is 9.60. The topological polar surface area (TPSA) is 42.1 Å². The van der Waals surface area contributed by atoms with Crippen molar-refractivity contribution < 1.29 is 9.53 Å². The molecule has 3 aliphatic rings. The first-order chi connectivity index (χ1) is 14.2. The van der Waals surface area contributed by atoms with Crippen LogP contribution in [0.15, 0.2) is 60.8 Å². The number of carbonyl (C=O) groups excluding carboxylic acids is 1. The second-order valence-corrected chi connectivity index (χ2v) is 9.60. The lowest BCUT2D eigenvalue weighted by Crippen LogP contribution is -2.51. The lowest BCUT2D eigenvalue weighted by atomic mass is 9.51. The summed E-state index contributed by atoms with van der Waals surface area (Å²) in [4.78, 5) is 16.8. The average Bonchev–Trinajstić information content (AvgIpc) is 3.27. The lowest BCUT2D eigenvalue weighted by molar-refractivity contribution is -0.0171. The van der Waals surface area contributed by atoms with Crippen LogP contribution in [-0.4, -0.2) is 17.4 Å². The Morgan fingerprint density at radius 2 is 1.93 bits per heavy atom. The monoisotopic (exact) mass is 385 g/mol. The molecule has 1 aromatic heterocycles. The van der Waals surface area contributed by atoms with Crippen molar-refractivity contribution in [1.82, 2.24) is 4.98 Å². The van der Waals surface area contributed by atoms with Crippen LogP contribution >= 0.6 is 0 Å². The molecule has 3 aromatic rings. The smallest absolute Gasteiger partial charge is 0.169 e. The highest BCUT2D eigenvalue weighted by Gasteiger charge is 2.64. The van der Waals surface area contributed by atoms with Crippen LogP contribution in [0.5, 0.6) is 5.75 Å². The number of aromatic amines is 1. The summed E-state index contributed by atoms with van der Waals surface area (Å²) in [6, 6.07) is 18.4. The average molecular weight is 386 g/mol. The molecule has 0 radical (unpaired) electrons. The van der Waals surface area contributed by atoms with Gasteiger partial charge in [0, 0.05) is 22.7 Å². The van der Waals surface area contributed by atoms with Gasteiger partial charge in [0.05, 0.1) is 6.61 Å². The van der Waals surface area contributed by atoms with Gasteiger partial charge in [-0.2, -0.15) is 0 Å². The molecule has 3 fully saturated rings. The first-order valence-electron chi connectivity index (χ1n) is 11.0. The minimum Gasteiger partial charge on any atom is -0.493 e. The molecule has 148 valence electrons. The molecule has 6 rings (SSSR count). The minimum atomic E-state index is -0.0825. The van der Waals surface area contributed by atoms with Gasteiger partial charge in [-0.15, -0.1) is 0 Å². The highest BCUT2D eigenvalue weighted by Crippen LogP contribution is 2.68. The van der Waals surface area contributed by atoms with E-state index >= 15 is 0 Å². The number of aromatic nitrogens is 1. The summed E-state index contributed by atoms with van der Waals surface area (Å²) in [7, 11) is 0. The van der Waals surface area contributed by atoms with Crippen LogP contribution in [0.25, 0.3) is 10.9 Å². The van der Waals surface area contributed by atoms with Crippen molar-refractivity contribution >= 4 is 16.7 Å². The molecule has 0 aliphatic heterocycles. The molecule has 5 unspecified atom stereocenters. The third-order valence-corrected chi connectivity index (χ3v) is 7.95. The molecule has 3 aliphatic carbocycles. The molecule has 2 bridgehead atoms. The highest BCUT2D eigenvalue weighted by atomic mass is 16.5. The number of benzene rings is 2. The fourth-order valence-electron chi connectivity index (χ4n) is 6.78. The molecule has 5 atom stereocenters. The Morgan fingerprint density at radius 3 is 2.83 bits per heavy atom. The third kappa shape index (κ3) is 2.74. The van der Waals surface area contributed by atoms with Crippen molar-refractivity contribution in [2.45, 2.75) is 32.1 Å². The molecule has 0 amide bonds. The van der Waals surface area contributed by atoms with Gasteiger partial charge in [0.25, 0.3) is 0 Å². The largest absolute Gasteiger partial charge is 0.493 e. The Labute approximate surface area is 171 Å². The number of Topliss-reactive ketones (excluding diaryl/α,β-unsaturated/α-hetero) is 1. The number of H-pyrrole nitrogens is 1. The van der Waals surface area contributed by atoms with Gasteiger partial charge < -0.3 is 9.72 Å². The first kappa shape index (κ1) is 17.3.